The number of carbonyl (C=O) groups is 1. The second-order valence-electron chi connectivity index (χ2n) is 2.67. The Morgan fingerprint density at radius 2 is 2.33 bits per heavy atom. The smallest absolute Gasteiger partial charge is 0.304 e. The van der Waals surface area contributed by atoms with Crippen molar-refractivity contribution in [3.05, 3.63) is 0 Å². The quantitative estimate of drug-likeness (QED) is 0.617. The van der Waals surface area contributed by atoms with Crippen LogP contribution >= 0.6 is 0 Å². The lowest BCUT2D eigenvalue weighted by Gasteiger charge is -2.23. The first kappa shape index (κ1) is 10.9. The van der Waals surface area contributed by atoms with E-state index in [0.29, 0.717) is 13.1 Å². The summed E-state index contributed by atoms with van der Waals surface area (Å²) in [5.41, 5.74) is 0. The van der Waals surface area contributed by atoms with Gasteiger partial charge in [-0.3, -0.25) is 9.69 Å². The summed E-state index contributed by atoms with van der Waals surface area (Å²) in [7, 11) is 0. The highest BCUT2D eigenvalue weighted by molar-refractivity contribution is 5.67. The Bertz CT molecular complexity index is 186. The Balaban J connectivity index is 3.94. The van der Waals surface area contributed by atoms with Crippen LogP contribution in [0, 0.1) is 11.3 Å². The SMILES string of the molecule is CCN(CC#N)C(C)CC(=O)O. The Hall–Kier alpha value is -1.08. The molecule has 0 heterocycles. The van der Waals surface area contributed by atoms with Crippen LogP contribution in [0.3, 0.4) is 0 Å². The lowest BCUT2D eigenvalue weighted by Crippen LogP contribution is -2.34. The van der Waals surface area contributed by atoms with E-state index < -0.39 is 5.97 Å². The van der Waals surface area contributed by atoms with Crippen LogP contribution in [0.25, 0.3) is 0 Å². The van der Waals surface area contributed by atoms with Gasteiger partial charge in [-0.2, -0.15) is 5.26 Å². The normalized spacial score (nSPS) is 12.5. The predicted octanol–water partition coefficient (Wildman–Crippen LogP) is 0.695. The van der Waals surface area contributed by atoms with Crippen LogP contribution in [-0.4, -0.2) is 35.1 Å². The third-order valence-corrected chi connectivity index (χ3v) is 1.77. The third kappa shape index (κ3) is 3.94. The van der Waals surface area contributed by atoms with Gasteiger partial charge in [0.1, 0.15) is 0 Å². The topological polar surface area (TPSA) is 64.3 Å². The standard InChI is InChI=1S/C8H14N2O2/c1-3-10(5-4-9)7(2)6-8(11)12/h7H,3,5-6H2,1-2H3,(H,11,12). The lowest BCUT2D eigenvalue weighted by molar-refractivity contribution is -0.138. The molecule has 0 bridgehead atoms. The van der Waals surface area contributed by atoms with E-state index in [0.717, 1.165) is 0 Å². The van der Waals surface area contributed by atoms with Gasteiger partial charge in [0.15, 0.2) is 0 Å². The van der Waals surface area contributed by atoms with Gasteiger partial charge in [0.2, 0.25) is 0 Å². The summed E-state index contributed by atoms with van der Waals surface area (Å²) in [6.45, 7) is 4.73. The maximum absolute atomic E-state index is 10.3. The van der Waals surface area contributed by atoms with E-state index in [1.165, 1.54) is 0 Å². The zero-order valence-electron chi connectivity index (χ0n) is 7.45. The number of aliphatic carboxylic acids is 1. The van der Waals surface area contributed by atoms with Crippen LogP contribution < -0.4 is 0 Å². The van der Waals surface area contributed by atoms with Crippen molar-refractivity contribution in [3.63, 3.8) is 0 Å². The van der Waals surface area contributed by atoms with Crippen molar-refractivity contribution in [3.8, 4) is 6.07 Å². The molecule has 1 unspecified atom stereocenters. The van der Waals surface area contributed by atoms with Crippen LogP contribution in [0.2, 0.25) is 0 Å². The number of nitrogens with zero attached hydrogens (tertiary/aromatic N) is 2. The van der Waals surface area contributed by atoms with Crippen LogP contribution in [0.4, 0.5) is 0 Å². The fraction of sp³-hybridized carbons (Fsp3) is 0.750. The summed E-state index contributed by atoms with van der Waals surface area (Å²) < 4.78 is 0. The molecule has 0 amide bonds. The van der Waals surface area contributed by atoms with Gasteiger partial charge in [-0.25, -0.2) is 0 Å². The van der Waals surface area contributed by atoms with E-state index in [1.54, 1.807) is 0 Å². The number of carboxylic acid groups (broad SMARTS) is 1. The maximum atomic E-state index is 10.3. The summed E-state index contributed by atoms with van der Waals surface area (Å²) in [5, 5.41) is 16.9. The molecule has 0 saturated carbocycles. The van der Waals surface area contributed by atoms with Gasteiger partial charge in [0.05, 0.1) is 19.0 Å². The molecule has 12 heavy (non-hydrogen) atoms. The minimum atomic E-state index is -0.820. The monoisotopic (exact) mass is 170 g/mol. The van der Waals surface area contributed by atoms with Gasteiger partial charge in [-0.15, -0.1) is 0 Å². The molecule has 1 N–H and O–H groups in total. The molecule has 0 aliphatic carbocycles. The molecular formula is C8H14N2O2. The van der Waals surface area contributed by atoms with E-state index in [2.05, 4.69) is 0 Å². The lowest BCUT2D eigenvalue weighted by atomic mass is 10.2. The molecule has 0 aromatic rings. The van der Waals surface area contributed by atoms with Crippen LogP contribution in [0.5, 0.6) is 0 Å². The summed E-state index contributed by atoms with van der Waals surface area (Å²) in [5.74, 6) is -0.820. The number of carboxylic acids is 1. The largest absolute Gasteiger partial charge is 0.481 e. The second-order valence-corrected chi connectivity index (χ2v) is 2.67. The number of hydrogen-bond acceptors (Lipinski definition) is 3. The van der Waals surface area contributed by atoms with Crippen molar-refractivity contribution in [2.45, 2.75) is 26.3 Å². The van der Waals surface area contributed by atoms with Gasteiger partial charge in [0.25, 0.3) is 0 Å². The molecule has 68 valence electrons. The molecule has 0 radical (unpaired) electrons. The molecule has 0 aromatic carbocycles. The fourth-order valence-corrected chi connectivity index (χ4v) is 1.05. The Labute approximate surface area is 72.4 Å². The molecule has 0 fully saturated rings. The number of nitriles is 1. The van der Waals surface area contributed by atoms with Crippen molar-refractivity contribution >= 4 is 5.97 Å². The summed E-state index contributed by atoms with van der Waals surface area (Å²) in [4.78, 5) is 12.2. The van der Waals surface area contributed by atoms with E-state index in [1.807, 2.05) is 24.8 Å². The van der Waals surface area contributed by atoms with Crippen LogP contribution in [0.1, 0.15) is 20.3 Å². The fourth-order valence-electron chi connectivity index (χ4n) is 1.05. The Morgan fingerprint density at radius 3 is 2.67 bits per heavy atom. The average molecular weight is 170 g/mol. The third-order valence-electron chi connectivity index (χ3n) is 1.77. The molecule has 1 atom stereocenters. The Morgan fingerprint density at radius 1 is 1.75 bits per heavy atom. The van der Waals surface area contributed by atoms with Gasteiger partial charge in [-0.05, 0) is 13.5 Å². The highest BCUT2D eigenvalue weighted by Gasteiger charge is 2.14. The predicted molar refractivity (Wildman–Crippen MR) is 44.6 cm³/mol. The average Bonchev–Trinajstić information content (AvgIpc) is 1.98. The minimum absolute atomic E-state index is 0.0628. The molecule has 0 aromatic heterocycles. The van der Waals surface area contributed by atoms with Crippen molar-refractivity contribution in [1.29, 1.82) is 5.26 Å². The number of hydrogen-bond donors (Lipinski definition) is 1. The summed E-state index contributed by atoms with van der Waals surface area (Å²) >= 11 is 0. The molecule has 4 nitrogen and oxygen atoms in total. The van der Waals surface area contributed by atoms with E-state index in [4.69, 9.17) is 10.4 Å². The second kappa shape index (κ2) is 5.56. The zero-order chi connectivity index (χ0) is 9.56. The van der Waals surface area contributed by atoms with Gasteiger partial charge >= 0.3 is 5.97 Å². The molecule has 0 saturated heterocycles. The van der Waals surface area contributed by atoms with Crippen molar-refractivity contribution < 1.29 is 9.90 Å². The summed E-state index contributed by atoms with van der Waals surface area (Å²) in [6, 6.07) is 1.94. The van der Waals surface area contributed by atoms with Crippen molar-refractivity contribution in [1.82, 2.24) is 4.90 Å². The number of rotatable bonds is 5. The molecular weight excluding hydrogens is 156 g/mol. The first-order valence-electron chi connectivity index (χ1n) is 3.94. The van der Waals surface area contributed by atoms with Gasteiger partial charge in [0, 0.05) is 6.04 Å². The van der Waals surface area contributed by atoms with Gasteiger partial charge < -0.3 is 5.11 Å². The van der Waals surface area contributed by atoms with E-state index in [9.17, 15) is 4.79 Å². The van der Waals surface area contributed by atoms with Crippen molar-refractivity contribution in [2.75, 3.05) is 13.1 Å². The highest BCUT2D eigenvalue weighted by atomic mass is 16.4. The molecule has 0 aliphatic heterocycles. The van der Waals surface area contributed by atoms with E-state index in [-0.39, 0.29) is 12.5 Å². The molecule has 0 rings (SSSR count). The first-order chi connectivity index (χ1) is 5.61. The highest BCUT2D eigenvalue weighted by Crippen LogP contribution is 2.02. The van der Waals surface area contributed by atoms with Gasteiger partial charge in [-0.1, -0.05) is 6.92 Å². The zero-order valence-corrected chi connectivity index (χ0v) is 7.45. The first-order valence-corrected chi connectivity index (χ1v) is 3.94. The van der Waals surface area contributed by atoms with Crippen LogP contribution in [-0.2, 0) is 4.79 Å². The van der Waals surface area contributed by atoms with Crippen molar-refractivity contribution in [2.24, 2.45) is 0 Å². The van der Waals surface area contributed by atoms with E-state index >= 15 is 0 Å². The molecule has 0 spiro atoms. The summed E-state index contributed by atoms with van der Waals surface area (Å²) in [6.07, 6.45) is 0.0928. The molecule has 0 aliphatic rings. The van der Waals surface area contributed by atoms with Crippen LogP contribution in [0.15, 0.2) is 0 Å². The molecule has 4 heteroatoms. The maximum Gasteiger partial charge on any atom is 0.304 e. The Kier molecular flexibility index (Phi) is 5.06. The minimum Gasteiger partial charge on any atom is -0.481 e.